The SMILES string of the molecule is CCOC(=O)C1=C(C)N(CC)C(=O)N[C@@H]1c1ccc(NC(C)=O)cc1. The van der Waals surface area contributed by atoms with Gasteiger partial charge in [-0.25, -0.2) is 9.59 Å². The van der Waals surface area contributed by atoms with Crippen molar-refractivity contribution in [2.24, 2.45) is 0 Å². The summed E-state index contributed by atoms with van der Waals surface area (Å²) in [6.45, 7) is 7.46. The molecule has 0 fully saturated rings. The highest BCUT2D eigenvalue weighted by Crippen LogP contribution is 2.31. The molecule has 0 saturated heterocycles. The fourth-order valence-corrected chi connectivity index (χ4v) is 2.85. The molecular formula is C18H23N3O4. The number of carbonyl (C=O) groups is 3. The zero-order valence-corrected chi connectivity index (χ0v) is 14.9. The minimum atomic E-state index is -0.597. The van der Waals surface area contributed by atoms with Gasteiger partial charge in [-0.3, -0.25) is 9.69 Å². The van der Waals surface area contributed by atoms with Gasteiger partial charge in [0.05, 0.1) is 18.2 Å². The Morgan fingerprint density at radius 2 is 1.88 bits per heavy atom. The lowest BCUT2D eigenvalue weighted by atomic mass is 9.94. The fourth-order valence-electron chi connectivity index (χ4n) is 2.85. The van der Waals surface area contributed by atoms with Crippen LogP contribution in [-0.2, 0) is 14.3 Å². The largest absolute Gasteiger partial charge is 0.463 e. The number of carbonyl (C=O) groups excluding carboxylic acids is 3. The van der Waals surface area contributed by atoms with E-state index in [1.165, 1.54) is 11.8 Å². The molecule has 1 aliphatic rings. The Balaban J connectivity index is 2.42. The third-order valence-corrected chi connectivity index (χ3v) is 3.97. The maximum atomic E-state index is 12.5. The number of ether oxygens (including phenoxy) is 1. The molecule has 1 aliphatic heterocycles. The summed E-state index contributed by atoms with van der Waals surface area (Å²) in [5.74, 6) is -0.616. The number of anilines is 1. The van der Waals surface area contributed by atoms with Crippen molar-refractivity contribution in [1.82, 2.24) is 10.2 Å². The molecule has 1 atom stereocenters. The summed E-state index contributed by atoms with van der Waals surface area (Å²) in [4.78, 5) is 37.4. The number of hydrogen-bond donors (Lipinski definition) is 2. The van der Waals surface area contributed by atoms with E-state index in [9.17, 15) is 14.4 Å². The molecule has 7 heteroatoms. The van der Waals surface area contributed by atoms with Crippen LogP contribution >= 0.6 is 0 Å². The van der Waals surface area contributed by atoms with Crippen LogP contribution in [0.1, 0.15) is 39.3 Å². The van der Waals surface area contributed by atoms with E-state index in [4.69, 9.17) is 4.74 Å². The molecule has 1 aromatic rings. The molecule has 3 amide bonds. The lowest BCUT2D eigenvalue weighted by molar-refractivity contribution is -0.139. The predicted octanol–water partition coefficient (Wildman–Crippen LogP) is 2.57. The lowest BCUT2D eigenvalue weighted by Crippen LogP contribution is -2.47. The van der Waals surface area contributed by atoms with Crippen molar-refractivity contribution in [2.45, 2.75) is 33.7 Å². The summed E-state index contributed by atoms with van der Waals surface area (Å²) in [5, 5.41) is 5.54. The average molecular weight is 345 g/mol. The molecule has 134 valence electrons. The van der Waals surface area contributed by atoms with Gasteiger partial charge < -0.3 is 15.4 Å². The molecule has 25 heavy (non-hydrogen) atoms. The summed E-state index contributed by atoms with van der Waals surface area (Å²) in [6.07, 6.45) is 0. The van der Waals surface area contributed by atoms with Crippen molar-refractivity contribution < 1.29 is 19.1 Å². The quantitative estimate of drug-likeness (QED) is 0.803. The summed E-state index contributed by atoms with van der Waals surface area (Å²) in [6, 6.07) is 6.14. The molecule has 1 aromatic carbocycles. The Hall–Kier alpha value is -2.83. The van der Waals surface area contributed by atoms with Crippen molar-refractivity contribution >= 4 is 23.6 Å². The summed E-state index contributed by atoms with van der Waals surface area (Å²) in [7, 11) is 0. The minimum Gasteiger partial charge on any atom is -0.463 e. The van der Waals surface area contributed by atoms with E-state index >= 15 is 0 Å². The second-order valence-electron chi connectivity index (χ2n) is 5.65. The van der Waals surface area contributed by atoms with Crippen LogP contribution in [0, 0.1) is 0 Å². The van der Waals surface area contributed by atoms with Crippen LogP contribution < -0.4 is 10.6 Å². The van der Waals surface area contributed by atoms with Gasteiger partial charge in [0.15, 0.2) is 0 Å². The predicted molar refractivity (Wildman–Crippen MR) is 93.7 cm³/mol. The second kappa shape index (κ2) is 7.83. The molecule has 0 radical (unpaired) electrons. The van der Waals surface area contributed by atoms with Gasteiger partial charge in [-0.05, 0) is 38.5 Å². The Kier molecular flexibility index (Phi) is 5.80. The van der Waals surface area contributed by atoms with Gasteiger partial charge in [-0.15, -0.1) is 0 Å². The highest BCUT2D eigenvalue weighted by atomic mass is 16.5. The number of nitrogens with zero attached hydrogens (tertiary/aromatic N) is 1. The van der Waals surface area contributed by atoms with E-state index in [-0.39, 0.29) is 18.5 Å². The number of urea groups is 1. The Labute approximate surface area is 147 Å². The van der Waals surface area contributed by atoms with Crippen LogP contribution in [0.15, 0.2) is 35.5 Å². The summed E-state index contributed by atoms with van der Waals surface area (Å²) in [5.41, 5.74) is 2.38. The average Bonchev–Trinajstić information content (AvgIpc) is 2.55. The van der Waals surface area contributed by atoms with E-state index in [1.54, 1.807) is 38.1 Å². The van der Waals surface area contributed by atoms with Crippen LogP contribution in [-0.4, -0.2) is 36.0 Å². The van der Waals surface area contributed by atoms with Crippen LogP contribution in [0.2, 0.25) is 0 Å². The Morgan fingerprint density at radius 1 is 1.24 bits per heavy atom. The third kappa shape index (κ3) is 3.99. The Bertz CT molecular complexity index is 710. The standard InChI is InChI=1S/C18H23N3O4/c1-5-21-11(3)15(17(23)25-6-2)16(20-18(21)24)13-7-9-14(10-8-13)19-12(4)22/h7-10,16H,5-6H2,1-4H3,(H,19,22)(H,20,24)/t16-/m1/s1. The number of benzene rings is 1. The van der Waals surface area contributed by atoms with Gasteiger partial charge >= 0.3 is 12.0 Å². The summed E-state index contributed by atoms with van der Waals surface area (Å²) < 4.78 is 5.18. The molecule has 0 unspecified atom stereocenters. The number of nitrogens with one attached hydrogen (secondary N) is 2. The maximum absolute atomic E-state index is 12.5. The highest BCUT2D eigenvalue weighted by Gasteiger charge is 2.35. The van der Waals surface area contributed by atoms with Gasteiger partial charge in [0.2, 0.25) is 5.91 Å². The lowest BCUT2D eigenvalue weighted by Gasteiger charge is -2.34. The first-order chi connectivity index (χ1) is 11.9. The van der Waals surface area contributed by atoms with E-state index in [1.807, 2.05) is 6.92 Å². The molecule has 7 nitrogen and oxygen atoms in total. The van der Waals surface area contributed by atoms with Crippen LogP contribution in [0.5, 0.6) is 0 Å². The fraction of sp³-hybridized carbons (Fsp3) is 0.389. The number of allylic oxidation sites excluding steroid dienone is 1. The van der Waals surface area contributed by atoms with Crippen molar-refractivity contribution in [2.75, 3.05) is 18.5 Å². The van der Waals surface area contributed by atoms with Crippen molar-refractivity contribution in [3.63, 3.8) is 0 Å². The first kappa shape index (κ1) is 18.5. The molecule has 0 bridgehead atoms. The molecule has 2 rings (SSSR count). The third-order valence-electron chi connectivity index (χ3n) is 3.97. The van der Waals surface area contributed by atoms with Crippen LogP contribution in [0.25, 0.3) is 0 Å². The second-order valence-corrected chi connectivity index (χ2v) is 5.65. The van der Waals surface area contributed by atoms with Crippen molar-refractivity contribution in [3.05, 3.63) is 41.1 Å². The van der Waals surface area contributed by atoms with E-state index in [0.29, 0.717) is 23.5 Å². The van der Waals surface area contributed by atoms with E-state index in [0.717, 1.165) is 5.56 Å². The van der Waals surface area contributed by atoms with Gasteiger partial charge in [-0.2, -0.15) is 0 Å². The topological polar surface area (TPSA) is 87.7 Å². The highest BCUT2D eigenvalue weighted by molar-refractivity contribution is 5.95. The minimum absolute atomic E-state index is 0.166. The summed E-state index contributed by atoms with van der Waals surface area (Å²) >= 11 is 0. The Morgan fingerprint density at radius 3 is 2.40 bits per heavy atom. The van der Waals surface area contributed by atoms with E-state index in [2.05, 4.69) is 10.6 Å². The molecule has 0 aromatic heterocycles. The van der Waals surface area contributed by atoms with Crippen LogP contribution in [0.4, 0.5) is 10.5 Å². The number of hydrogen-bond acceptors (Lipinski definition) is 4. The number of amides is 3. The maximum Gasteiger partial charge on any atom is 0.338 e. The smallest absolute Gasteiger partial charge is 0.338 e. The molecule has 0 saturated carbocycles. The first-order valence-electron chi connectivity index (χ1n) is 8.22. The first-order valence-corrected chi connectivity index (χ1v) is 8.22. The zero-order chi connectivity index (χ0) is 18.6. The molecule has 0 aliphatic carbocycles. The van der Waals surface area contributed by atoms with Crippen molar-refractivity contribution in [3.8, 4) is 0 Å². The van der Waals surface area contributed by atoms with Gasteiger partial charge in [0.1, 0.15) is 0 Å². The molecular weight excluding hydrogens is 322 g/mol. The molecule has 2 N–H and O–H groups in total. The molecule has 1 heterocycles. The normalized spacial score (nSPS) is 17.2. The van der Waals surface area contributed by atoms with Crippen molar-refractivity contribution in [1.29, 1.82) is 0 Å². The monoisotopic (exact) mass is 345 g/mol. The van der Waals surface area contributed by atoms with Gasteiger partial charge in [0, 0.05) is 24.9 Å². The molecule has 0 spiro atoms. The number of esters is 1. The number of rotatable bonds is 5. The van der Waals surface area contributed by atoms with E-state index < -0.39 is 12.0 Å². The van der Waals surface area contributed by atoms with Gasteiger partial charge in [0.25, 0.3) is 0 Å². The van der Waals surface area contributed by atoms with Gasteiger partial charge in [-0.1, -0.05) is 12.1 Å². The van der Waals surface area contributed by atoms with Crippen LogP contribution in [0.3, 0.4) is 0 Å². The zero-order valence-electron chi connectivity index (χ0n) is 14.9.